The summed E-state index contributed by atoms with van der Waals surface area (Å²) in [4.78, 5) is 17.3. The lowest BCUT2D eigenvalue weighted by molar-refractivity contribution is -0.577. The Morgan fingerprint density at radius 2 is 1.44 bits per heavy atom. The lowest BCUT2D eigenvalue weighted by Gasteiger charge is -2.60. The highest BCUT2D eigenvalue weighted by atomic mass is 17.3. The normalized spacial score (nSPS) is 39.3. The smallest absolute Gasteiger partial charge is 0.201 e. The minimum Gasteiger partial charge on any atom is -0.348 e. The molecule has 7 nitrogen and oxygen atoms in total. The van der Waals surface area contributed by atoms with Gasteiger partial charge in [0, 0.05) is 57.5 Å². The van der Waals surface area contributed by atoms with Crippen molar-refractivity contribution in [2.75, 3.05) is 26.2 Å². The number of piperazine rings is 1. The van der Waals surface area contributed by atoms with Crippen molar-refractivity contribution < 1.29 is 24.0 Å². The van der Waals surface area contributed by atoms with Crippen molar-refractivity contribution in [2.45, 2.75) is 90.1 Å². The van der Waals surface area contributed by atoms with Gasteiger partial charge in [0.15, 0.2) is 18.2 Å². The van der Waals surface area contributed by atoms with Crippen molar-refractivity contribution in [3.63, 3.8) is 0 Å². The maximum atomic E-state index is 6.59. The summed E-state index contributed by atoms with van der Waals surface area (Å²) in [5.41, 5.74) is 3.38. The number of hydrogen-bond acceptors (Lipinski definition) is 7. The van der Waals surface area contributed by atoms with Crippen LogP contribution < -0.4 is 0 Å². The highest BCUT2D eigenvalue weighted by Crippen LogP contribution is 2.60. The van der Waals surface area contributed by atoms with Gasteiger partial charge in [0.1, 0.15) is 0 Å². The SMILES string of the molecule is C[C@@H]1CCC2[C@@H](C)[C@@H](OCc3ccc(CN4CCN(Cc5ccccc5)CC4)cc3)OC3OC4(C)CC[C@@H]1[C@]32OO4. The molecule has 6 fully saturated rings. The number of benzene rings is 2. The number of rotatable bonds is 7. The van der Waals surface area contributed by atoms with Crippen LogP contribution in [0.5, 0.6) is 0 Å². The standard InChI is InChI=1S/C34H46N2O5/c1-24-9-14-30-25(2)31(38-32-34(30)29(24)15-16-33(3,39-32)40-41-34)37-23-28-12-10-27(11-13-28)22-36-19-17-35(18-20-36)21-26-7-5-4-6-8-26/h4-8,10-13,24-25,29-32H,9,14-23H2,1-3H3/t24-,25-,29+,30?,31+,32?,33?,34-/m1/s1. The number of ether oxygens (including phenoxy) is 3. The molecule has 0 aromatic heterocycles. The van der Waals surface area contributed by atoms with Gasteiger partial charge < -0.3 is 14.2 Å². The van der Waals surface area contributed by atoms with E-state index in [1.165, 1.54) is 23.1 Å². The second-order valence-corrected chi connectivity index (χ2v) is 13.4. The lowest BCUT2D eigenvalue weighted by Crippen LogP contribution is -2.70. The average Bonchev–Trinajstić information content (AvgIpc) is 3.22. The molecule has 7 heteroatoms. The minimum atomic E-state index is -0.757. The third kappa shape index (κ3) is 5.40. The van der Waals surface area contributed by atoms with Gasteiger partial charge in [-0.15, -0.1) is 0 Å². The van der Waals surface area contributed by atoms with E-state index in [4.69, 9.17) is 24.0 Å². The van der Waals surface area contributed by atoms with Crippen molar-refractivity contribution in [3.8, 4) is 0 Å². The molecular weight excluding hydrogens is 516 g/mol. The summed E-state index contributed by atoms with van der Waals surface area (Å²) >= 11 is 0. The fourth-order valence-electron chi connectivity index (χ4n) is 8.19. The molecule has 6 aliphatic rings. The first-order valence-electron chi connectivity index (χ1n) is 15.8. The Labute approximate surface area is 245 Å². The van der Waals surface area contributed by atoms with E-state index in [1.54, 1.807) is 0 Å². The predicted octanol–water partition coefficient (Wildman–Crippen LogP) is 5.73. The van der Waals surface area contributed by atoms with Crippen LogP contribution in [0.15, 0.2) is 54.6 Å². The van der Waals surface area contributed by atoms with Crippen LogP contribution in [0.25, 0.3) is 0 Å². The van der Waals surface area contributed by atoms with Crippen molar-refractivity contribution in [3.05, 3.63) is 71.3 Å². The third-order valence-electron chi connectivity index (χ3n) is 10.7. The zero-order valence-electron chi connectivity index (χ0n) is 24.9. The van der Waals surface area contributed by atoms with E-state index in [9.17, 15) is 0 Å². The number of hydrogen-bond donors (Lipinski definition) is 0. The maximum absolute atomic E-state index is 6.59. The maximum Gasteiger partial charge on any atom is 0.201 e. The fourth-order valence-corrected chi connectivity index (χ4v) is 8.19. The minimum absolute atomic E-state index is 0.190. The first kappa shape index (κ1) is 28.0. The van der Waals surface area contributed by atoms with Crippen molar-refractivity contribution >= 4 is 0 Å². The molecule has 5 heterocycles. The lowest BCUT2D eigenvalue weighted by atomic mass is 9.58. The molecule has 3 unspecified atom stereocenters. The molecule has 2 aromatic carbocycles. The molecule has 2 aromatic rings. The molecule has 8 atom stereocenters. The van der Waals surface area contributed by atoms with Gasteiger partial charge in [-0.3, -0.25) is 9.80 Å². The van der Waals surface area contributed by atoms with Crippen LogP contribution in [0.4, 0.5) is 0 Å². The number of nitrogens with zero attached hydrogens (tertiary/aromatic N) is 2. The van der Waals surface area contributed by atoms with E-state index in [0.717, 1.165) is 58.5 Å². The summed E-state index contributed by atoms with van der Waals surface area (Å²) in [7, 11) is 0. The second-order valence-electron chi connectivity index (χ2n) is 13.4. The van der Waals surface area contributed by atoms with Crippen LogP contribution in [-0.2, 0) is 43.7 Å². The highest BCUT2D eigenvalue weighted by molar-refractivity contribution is 5.22. The van der Waals surface area contributed by atoms with Crippen LogP contribution in [0, 0.1) is 23.7 Å². The monoisotopic (exact) mass is 562 g/mol. The molecule has 0 amide bonds. The molecule has 8 rings (SSSR count). The molecule has 2 bridgehead atoms. The molecule has 0 N–H and O–H groups in total. The summed E-state index contributed by atoms with van der Waals surface area (Å²) < 4.78 is 19.5. The van der Waals surface area contributed by atoms with Gasteiger partial charge in [-0.05, 0) is 54.7 Å². The Morgan fingerprint density at radius 3 is 2.15 bits per heavy atom. The van der Waals surface area contributed by atoms with E-state index in [0.29, 0.717) is 18.4 Å². The molecule has 0 radical (unpaired) electrons. The zero-order valence-corrected chi connectivity index (χ0v) is 24.9. The molecule has 5 aliphatic heterocycles. The van der Waals surface area contributed by atoms with Crippen LogP contribution in [0.3, 0.4) is 0 Å². The third-order valence-corrected chi connectivity index (χ3v) is 10.7. The van der Waals surface area contributed by atoms with Crippen LogP contribution in [0.2, 0.25) is 0 Å². The predicted molar refractivity (Wildman–Crippen MR) is 155 cm³/mol. The first-order chi connectivity index (χ1) is 19.9. The Hall–Kier alpha value is -1.84. The summed E-state index contributed by atoms with van der Waals surface area (Å²) in [6.07, 6.45) is 3.36. The van der Waals surface area contributed by atoms with Gasteiger partial charge in [-0.1, -0.05) is 68.4 Å². The first-order valence-corrected chi connectivity index (χ1v) is 15.8. The molecule has 1 saturated carbocycles. The summed E-state index contributed by atoms with van der Waals surface area (Å²) in [6, 6.07) is 19.7. The quantitative estimate of drug-likeness (QED) is 0.400. The molecule has 5 saturated heterocycles. The largest absolute Gasteiger partial charge is 0.348 e. The van der Waals surface area contributed by atoms with Crippen LogP contribution in [-0.4, -0.2) is 59.9 Å². The van der Waals surface area contributed by atoms with Crippen LogP contribution in [0.1, 0.15) is 63.1 Å². The summed E-state index contributed by atoms with van der Waals surface area (Å²) in [5, 5.41) is 0. The second kappa shape index (κ2) is 11.3. The van der Waals surface area contributed by atoms with Gasteiger partial charge >= 0.3 is 0 Å². The Kier molecular flexibility index (Phi) is 7.74. The van der Waals surface area contributed by atoms with Gasteiger partial charge in [0.05, 0.1) is 6.61 Å². The molecule has 1 spiro atoms. The van der Waals surface area contributed by atoms with Gasteiger partial charge in [0.25, 0.3) is 0 Å². The zero-order chi connectivity index (χ0) is 28.0. The fraction of sp³-hybridized carbons (Fsp3) is 0.647. The van der Waals surface area contributed by atoms with Gasteiger partial charge in [0.2, 0.25) is 5.79 Å². The number of fused-ring (bicyclic) bond motifs is 2. The molecule has 1 aliphatic carbocycles. The topological polar surface area (TPSA) is 52.6 Å². The Bertz CT molecular complexity index is 1170. The van der Waals surface area contributed by atoms with E-state index in [1.807, 2.05) is 6.92 Å². The van der Waals surface area contributed by atoms with Crippen LogP contribution >= 0.6 is 0 Å². The Morgan fingerprint density at radius 1 is 0.780 bits per heavy atom. The molecule has 41 heavy (non-hydrogen) atoms. The molecule has 222 valence electrons. The van der Waals surface area contributed by atoms with Crippen molar-refractivity contribution in [2.24, 2.45) is 23.7 Å². The van der Waals surface area contributed by atoms with Gasteiger partial charge in [-0.25, -0.2) is 9.78 Å². The van der Waals surface area contributed by atoms with Crippen molar-refractivity contribution in [1.82, 2.24) is 9.80 Å². The van der Waals surface area contributed by atoms with E-state index in [-0.39, 0.29) is 18.1 Å². The van der Waals surface area contributed by atoms with E-state index < -0.39 is 17.7 Å². The van der Waals surface area contributed by atoms with Gasteiger partial charge in [-0.2, -0.15) is 0 Å². The highest BCUT2D eigenvalue weighted by Gasteiger charge is 2.69. The van der Waals surface area contributed by atoms with E-state index >= 15 is 0 Å². The van der Waals surface area contributed by atoms with Crippen molar-refractivity contribution in [1.29, 1.82) is 0 Å². The summed E-state index contributed by atoms with van der Waals surface area (Å²) in [6.45, 7) is 13.6. The average molecular weight is 563 g/mol. The summed E-state index contributed by atoms with van der Waals surface area (Å²) in [5.74, 6) is 0.651. The van der Waals surface area contributed by atoms with E-state index in [2.05, 4.69) is 78.2 Å². The Balaban J connectivity index is 0.934. The molecular formula is C34H46N2O5.